The lowest BCUT2D eigenvalue weighted by Crippen LogP contribution is -2.35. The second-order valence-electron chi connectivity index (χ2n) is 5.77. The largest absolute Gasteiger partial charge is 0.444 e. The van der Waals surface area contributed by atoms with E-state index >= 15 is 0 Å². The summed E-state index contributed by atoms with van der Waals surface area (Å²) in [5.41, 5.74) is -1.47. The zero-order valence-electron chi connectivity index (χ0n) is 11.2. The van der Waals surface area contributed by atoms with Crippen molar-refractivity contribution in [1.82, 2.24) is 5.32 Å². The second kappa shape index (κ2) is 4.78. The highest BCUT2D eigenvalue weighted by molar-refractivity contribution is 9.10. The van der Waals surface area contributed by atoms with E-state index in [4.69, 9.17) is 4.74 Å². The number of alkyl carbamates (subject to hydrolysis) is 1. The Morgan fingerprint density at radius 2 is 2.00 bits per heavy atom. The summed E-state index contributed by atoms with van der Waals surface area (Å²) in [5, 5.41) is 2.57. The van der Waals surface area contributed by atoms with Crippen LogP contribution in [0.2, 0.25) is 0 Å². The smallest absolute Gasteiger partial charge is 0.407 e. The summed E-state index contributed by atoms with van der Waals surface area (Å²) >= 11 is 3.31. The molecule has 1 aromatic carbocycles. The van der Waals surface area contributed by atoms with Crippen LogP contribution in [0.1, 0.15) is 32.8 Å². The van der Waals surface area contributed by atoms with Crippen molar-refractivity contribution in [1.29, 1.82) is 0 Å². The van der Waals surface area contributed by atoms with Gasteiger partial charge in [0.05, 0.1) is 6.04 Å². The van der Waals surface area contributed by atoms with Gasteiger partial charge in [0, 0.05) is 10.9 Å². The quantitative estimate of drug-likeness (QED) is 0.893. The summed E-state index contributed by atoms with van der Waals surface area (Å²) < 4.78 is 20.5. The van der Waals surface area contributed by atoms with Gasteiger partial charge < -0.3 is 10.1 Å². The summed E-state index contributed by atoms with van der Waals surface area (Å²) in [7, 11) is 0. The predicted molar refractivity (Wildman–Crippen MR) is 74.7 cm³/mol. The molecule has 1 aliphatic rings. The van der Waals surface area contributed by atoms with Gasteiger partial charge in [-0.15, -0.1) is 0 Å². The van der Waals surface area contributed by atoms with Crippen molar-refractivity contribution in [2.45, 2.75) is 44.5 Å². The molecule has 2 rings (SSSR count). The maximum absolute atomic E-state index is 14.5. The number of rotatable bonds is 2. The zero-order valence-corrected chi connectivity index (χ0v) is 12.8. The molecule has 1 aromatic rings. The van der Waals surface area contributed by atoms with Crippen molar-refractivity contribution in [2.24, 2.45) is 0 Å². The average molecular weight is 330 g/mol. The van der Waals surface area contributed by atoms with Gasteiger partial charge in [0.2, 0.25) is 0 Å². The Morgan fingerprint density at radius 1 is 1.42 bits per heavy atom. The van der Waals surface area contributed by atoms with Gasteiger partial charge in [-0.05, 0) is 38.5 Å². The number of carbonyl (C=O) groups is 1. The van der Waals surface area contributed by atoms with Crippen LogP contribution in [-0.2, 0) is 10.4 Å². The van der Waals surface area contributed by atoms with Gasteiger partial charge in [0.15, 0.2) is 5.67 Å². The first-order chi connectivity index (χ1) is 8.71. The third-order valence-corrected chi connectivity index (χ3v) is 3.44. The Bertz CT molecular complexity index is 483. The molecule has 1 fully saturated rings. The Morgan fingerprint density at radius 3 is 2.53 bits per heavy atom. The van der Waals surface area contributed by atoms with E-state index in [0.717, 1.165) is 4.47 Å². The summed E-state index contributed by atoms with van der Waals surface area (Å²) in [6.07, 6.45) is -0.289. The fraction of sp³-hybridized carbons (Fsp3) is 0.500. The molecule has 0 aromatic heterocycles. The van der Waals surface area contributed by atoms with Crippen LogP contribution in [0.15, 0.2) is 28.7 Å². The normalized spacial score (nSPS) is 25.8. The standard InChI is InChI=1S/C14H17BrFNO2/c1-13(2,3)19-12(18)17-11-8-14(11,16)9-4-6-10(15)7-5-9/h4-7,11H,8H2,1-3H3,(H,17,18). The lowest BCUT2D eigenvalue weighted by Gasteiger charge is -2.20. The number of hydrogen-bond acceptors (Lipinski definition) is 2. The SMILES string of the molecule is CC(C)(C)OC(=O)NC1CC1(F)c1ccc(Br)cc1. The van der Waals surface area contributed by atoms with Gasteiger partial charge >= 0.3 is 6.09 Å². The first-order valence-electron chi connectivity index (χ1n) is 6.15. The number of alkyl halides is 1. The molecular weight excluding hydrogens is 313 g/mol. The molecule has 19 heavy (non-hydrogen) atoms. The Balaban J connectivity index is 1.96. The molecule has 2 atom stereocenters. The van der Waals surface area contributed by atoms with Crippen molar-refractivity contribution in [2.75, 3.05) is 0 Å². The molecule has 104 valence electrons. The van der Waals surface area contributed by atoms with Crippen LogP contribution >= 0.6 is 15.9 Å². The molecule has 0 heterocycles. The van der Waals surface area contributed by atoms with Gasteiger partial charge in [0.1, 0.15) is 5.60 Å². The lowest BCUT2D eigenvalue weighted by molar-refractivity contribution is 0.0511. The molecule has 1 amide bonds. The number of nitrogens with one attached hydrogen (secondary N) is 1. The molecule has 1 N–H and O–H groups in total. The minimum atomic E-state index is -1.47. The molecule has 0 spiro atoms. The van der Waals surface area contributed by atoms with E-state index in [9.17, 15) is 9.18 Å². The summed E-state index contributed by atoms with van der Waals surface area (Å²) in [6, 6.07) is 6.52. The number of halogens is 2. The molecule has 1 aliphatic carbocycles. The number of carbonyl (C=O) groups excluding carboxylic acids is 1. The summed E-state index contributed by atoms with van der Waals surface area (Å²) in [5.74, 6) is 0. The molecule has 2 unspecified atom stereocenters. The second-order valence-corrected chi connectivity index (χ2v) is 6.69. The third-order valence-electron chi connectivity index (χ3n) is 2.91. The molecule has 5 heteroatoms. The summed E-state index contributed by atoms with van der Waals surface area (Å²) in [4.78, 5) is 11.6. The monoisotopic (exact) mass is 329 g/mol. The number of benzene rings is 1. The van der Waals surface area contributed by atoms with E-state index in [-0.39, 0.29) is 6.42 Å². The van der Waals surface area contributed by atoms with Crippen molar-refractivity contribution >= 4 is 22.0 Å². The average Bonchev–Trinajstić information content (AvgIpc) is 2.88. The fourth-order valence-electron chi connectivity index (χ4n) is 1.90. The first-order valence-corrected chi connectivity index (χ1v) is 6.94. The van der Waals surface area contributed by atoms with E-state index in [1.165, 1.54) is 0 Å². The molecule has 0 saturated heterocycles. The van der Waals surface area contributed by atoms with Crippen LogP contribution < -0.4 is 5.32 Å². The van der Waals surface area contributed by atoms with Crippen LogP contribution in [0.4, 0.5) is 9.18 Å². The van der Waals surface area contributed by atoms with Gasteiger partial charge in [0.25, 0.3) is 0 Å². The number of ether oxygens (including phenoxy) is 1. The minimum Gasteiger partial charge on any atom is -0.444 e. The molecule has 0 bridgehead atoms. The zero-order chi connectivity index (χ0) is 14.3. The van der Waals surface area contributed by atoms with Crippen LogP contribution in [0.25, 0.3) is 0 Å². The maximum Gasteiger partial charge on any atom is 0.407 e. The maximum atomic E-state index is 14.5. The van der Waals surface area contributed by atoms with E-state index < -0.39 is 23.4 Å². The van der Waals surface area contributed by atoms with Crippen molar-refractivity contribution in [3.63, 3.8) is 0 Å². The molecule has 3 nitrogen and oxygen atoms in total. The van der Waals surface area contributed by atoms with Gasteiger partial charge in [-0.2, -0.15) is 0 Å². The van der Waals surface area contributed by atoms with Crippen LogP contribution in [-0.4, -0.2) is 17.7 Å². The van der Waals surface area contributed by atoms with Crippen LogP contribution in [0.5, 0.6) is 0 Å². The first kappa shape index (κ1) is 14.3. The highest BCUT2D eigenvalue weighted by Crippen LogP contribution is 2.50. The van der Waals surface area contributed by atoms with Gasteiger partial charge in [-0.25, -0.2) is 9.18 Å². The molecule has 0 aliphatic heterocycles. The lowest BCUT2D eigenvalue weighted by atomic mass is 10.1. The van der Waals surface area contributed by atoms with Crippen molar-refractivity contribution in [3.8, 4) is 0 Å². The van der Waals surface area contributed by atoms with Crippen LogP contribution in [0, 0.1) is 0 Å². The molecule has 0 radical (unpaired) electrons. The van der Waals surface area contributed by atoms with E-state index in [2.05, 4.69) is 21.2 Å². The molecule has 1 saturated carbocycles. The fourth-order valence-corrected chi connectivity index (χ4v) is 2.16. The summed E-state index contributed by atoms with van der Waals surface area (Å²) in [6.45, 7) is 5.32. The van der Waals surface area contributed by atoms with Gasteiger partial charge in [-0.3, -0.25) is 0 Å². The van der Waals surface area contributed by atoms with E-state index in [0.29, 0.717) is 5.56 Å². The Hall–Kier alpha value is -1.10. The Labute approximate surface area is 120 Å². The van der Waals surface area contributed by atoms with E-state index in [1.54, 1.807) is 45.0 Å². The van der Waals surface area contributed by atoms with E-state index in [1.807, 2.05) is 0 Å². The predicted octanol–water partition coefficient (Wildman–Crippen LogP) is 3.91. The van der Waals surface area contributed by atoms with Crippen molar-refractivity contribution < 1.29 is 13.9 Å². The highest BCUT2D eigenvalue weighted by Gasteiger charge is 2.58. The third kappa shape index (κ3) is 3.47. The van der Waals surface area contributed by atoms with Crippen LogP contribution in [0.3, 0.4) is 0 Å². The minimum absolute atomic E-state index is 0.286. The molecular formula is C14H17BrFNO2. The Kier molecular flexibility index (Phi) is 3.60. The van der Waals surface area contributed by atoms with Crippen molar-refractivity contribution in [3.05, 3.63) is 34.3 Å². The number of amides is 1. The highest BCUT2D eigenvalue weighted by atomic mass is 79.9. The topological polar surface area (TPSA) is 38.3 Å². The number of hydrogen-bond donors (Lipinski definition) is 1. The van der Waals surface area contributed by atoms with Gasteiger partial charge in [-0.1, -0.05) is 28.1 Å².